The van der Waals surface area contributed by atoms with Gasteiger partial charge in [-0.25, -0.2) is 14.4 Å². The minimum Gasteiger partial charge on any atom is -0.368 e. The van der Waals surface area contributed by atoms with Gasteiger partial charge in [-0.2, -0.15) is 0 Å². The van der Waals surface area contributed by atoms with Gasteiger partial charge in [-0.3, -0.25) is 4.79 Å². The molecule has 1 amide bonds. The monoisotopic (exact) mass is 377 g/mol. The number of anilines is 3. The molecule has 0 unspecified atom stereocenters. The molecule has 0 atom stereocenters. The summed E-state index contributed by atoms with van der Waals surface area (Å²) in [6, 6.07) is 16.3. The van der Waals surface area contributed by atoms with E-state index in [1.165, 1.54) is 24.0 Å². The van der Waals surface area contributed by atoms with E-state index >= 15 is 0 Å². The number of carbonyl (C=O) groups is 1. The minimum atomic E-state index is -0.489. The minimum absolute atomic E-state index is 0.121. The maximum atomic E-state index is 13.7. The number of carbonyl (C=O) groups excluding carboxylic acids is 1. The molecule has 28 heavy (non-hydrogen) atoms. The smallest absolute Gasteiger partial charge is 0.275 e. The van der Waals surface area contributed by atoms with Crippen LogP contribution in [0.2, 0.25) is 0 Å². The van der Waals surface area contributed by atoms with Crippen LogP contribution < -0.4 is 15.1 Å². The number of amides is 1. The Morgan fingerprint density at radius 3 is 2.21 bits per heavy atom. The predicted octanol–water partition coefficient (Wildman–Crippen LogP) is 3.19. The number of hydrogen-bond donors (Lipinski definition) is 1. The molecule has 1 aliphatic heterocycles. The van der Waals surface area contributed by atoms with Crippen molar-refractivity contribution >= 4 is 23.1 Å². The normalized spacial score (nSPS) is 14.0. The molecule has 6 nitrogen and oxygen atoms in total. The number of piperazine rings is 1. The Kier molecular flexibility index (Phi) is 5.14. The van der Waals surface area contributed by atoms with Gasteiger partial charge >= 0.3 is 0 Å². The lowest BCUT2D eigenvalue weighted by Crippen LogP contribution is -2.46. The molecule has 1 saturated heterocycles. The fourth-order valence-corrected chi connectivity index (χ4v) is 3.18. The van der Waals surface area contributed by atoms with E-state index in [0.717, 1.165) is 32.0 Å². The molecule has 1 fully saturated rings. The molecule has 7 heteroatoms. The Labute approximate surface area is 162 Å². The second-order valence-corrected chi connectivity index (χ2v) is 6.50. The van der Waals surface area contributed by atoms with E-state index < -0.39 is 11.7 Å². The van der Waals surface area contributed by atoms with E-state index in [4.69, 9.17) is 0 Å². The number of aromatic nitrogens is 2. The molecule has 0 bridgehead atoms. The highest BCUT2D eigenvalue weighted by molar-refractivity contribution is 6.02. The fourth-order valence-electron chi connectivity index (χ4n) is 3.18. The Bertz CT molecular complexity index is 941. The summed E-state index contributed by atoms with van der Waals surface area (Å²) in [7, 11) is 0. The predicted molar refractivity (Wildman–Crippen MR) is 107 cm³/mol. The third-order valence-electron chi connectivity index (χ3n) is 4.72. The first-order valence-corrected chi connectivity index (χ1v) is 9.13. The SMILES string of the molecule is O=C(Nc1ccccc1F)c1cnc(N2CCN(c3ccccc3)CC2)cn1. The molecule has 0 spiro atoms. The molecule has 2 aromatic carbocycles. The Hall–Kier alpha value is -3.48. The highest BCUT2D eigenvalue weighted by Gasteiger charge is 2.19. The molecular formula is C21H20FN5O. The number of rotatable bonds is 4. The zero-order valence-corrected chi connectivity index (χ0v) is 15.3. The van der Waals surface area contributed by atoms with Crippen LogP contribution in [0.1, 0.15) is 10.5 Å². The fraction of sp³-hybridized carbons (Fsp3) is 0.190. The van der Waals surface area contributed by atoms with Gasteiger partial charge < -0.3 is 15.1 Å². The number of nitrogens with one attached hydrogen (secondary N) is 1. The van der Waals surface area contributed by atoms with Gasteiger partial charge in [0.15, 0.2) is 0 Å². The van der Waals surface area contributed by atoms with Crippen molar-refractivity contribution in [1.29, 1.82) is 0 Å². The van der Waals surface area contributed by atoms with Crippen LogP contribution in [0.15, 0.2) is 67.0 Å². The number of halogens is 1. The van der Waals surface area contributed by atoms with Crippen LogP contribution in [0, 0.1) is 5.82 Å². The lowest BCUT2D eigenvalue weighted by molar-refractivity contribution is 0.102. The zero-order chi connectivity index (χ0) is 19.3. The van der Waals surface area contributed by atoms with Crippen LogP contribution in [0.5, 0.6) is 0 Å². The molecule has 1 N–H and O–H groups in total. The first kappa shape index (κ1) is 17.9. The van der Waals surface area contributed by atoms with Crippen LogP contribution >= 0.6 is 0 Å². The second-order valence-electron chi connectivity index (χ2n) is 6.50. The molecule has 1 aromatic heterocycles. The molecule has 0 radical (unpaired) electrons. The van der Waals surface area contributed by atoms with E-state index in [9.17, 15) is 9.18 Å². The Morgan fingerprint density at radius 1 is 0.857 bits per heavy atom. The van der Waals surface area contributed by atoms with Gasteiger partial charge in [0.05, 0.1) is 18.1 Å². The Balaban J connectivity index is 1.37. The van der Waals surface area contributed by atoms with Crippen molar-refractivity contribution in [3.8, 4) is 0 Å². The highest BCUT2D eigenvalue weighted by Crippen LogP contribution is 2.19. The standard InChI is InChI=1S/C21H20FN5O/c22-17-8-4-5-9-18(17)25-21(28)19-14-24-20(15-23-19)27-12-10-26(11-13-27)16-6-2-1-3-7-16/h1-9,14-15H,10-13H2,(H,25,28). The van der Waals surface area contributed by atoms with Gasteiger partial charge in [-0.1, -0.05) is 30.3 Å². The number of benzene rings is 2. The summed E-state index contributed by atoms with van der Waals surface area (Å²) in [6.45, 7) is 3.43. The van der Waals surface area contributed by atoms with E-state index in [0.29, 0.717) is 0 Å². The maximum absolute atomic E-state index is 13.7. The summed E-state index contributed by atoms with van der Waals surface area (Å²) in [4.78, 5) is 25.3. The summed E-state index contributed by atoms with van der Waals surface area (Å²) in [5, 5.41) is 2.51. The van der Waals surface area contributed by atoms with E-state index in [-0.39, 0.29) is 11.4 Å². The maximum Gasteiger partial charge on any atom is 0.275 e. The summed E-state index contributed by atoms with van der Waals surface area (Å²) in [6.07, 6.45) is 3.02. The van der Waals surface area contributed by atoms with Crippen LogP contribution in [0.25, 0.3) is 0 Å². The van der Waals surface area contributed by atoms with Gasteiger partial charge in [0.1, 0.15) is 17.3 Å². The van der Waals surface area contributed by atoms with Crippen molar-refractivity contribution in [2.75, 3.05) is 41.3 Å². The van der Waals surface area contributed by atoms with Crippen LogP contribution in [0.3, 0.4) is 0 Å². The quantitative estimate of drug-likeness (QED) is 0.757. The molecule has 142 valence electrons. The van der Waals surface area contributed by atoms with Crippen molar-refractivity contribution in [3.63, 3.8) is 0 Å². The van der Waals surface area contributed by atoms with Crippen molar-refractivity contribution in [1.82, 2.24) is 9.97 Å². The van der Waals surface area contributed by atoms with E-state index in [1.807, 2.05) is 18.2 Å². The molecule has 0 saturated carbocycles. The van der Waals surface area contributed by atoms with Gasteiger partial charge in [0, 0.05) is 31.9 Å². The molecule has 3 aromatic rings. The Morgan fingerprint density at radius 2 is 1.54 bits per heavy atom. The average Bonchev–Trinajstić information content (AvgIpc) is 2.76. The summed E-state index contributed by atoms with van der Waals surface area (Å²) in [5.41, 5.74) is 1.48. The van der Waals surface area contributed by atoms with E-state index in [2.05, 4.69) is 37.2 Å². The van der Waals surface area contributed by atoms with Gasteiger partial charge in [-0.15, -0.1) is 0 Å². The van der Waals surface area contributed by atoms with Gasteiger partial charge in [0.2, 0.25) is 0 Å². The third kappa shape index (κ3) is 3.93. The largest absolute Gasteiger partial charge is 0.368 e. The number of nitrogens with zero attached hydrogens (tertiary/aromatic N) is 4. The average molecular weight is 377 g/mol. The lowest BCUT2D eigenvalue weighted by atomic mass is 10.2. The molecule has 1 aliphatic rings. The van der Waals surface area contributed by atoms with Crippen LogP contribution in [-0.4, -0.2) is 42.1 Å². The van der Waals surface area contributed by atoms with Crippen molar-refractivity contribution < 1.29 is 9.18 Å². The van der Waals surface area contributed by atoms with Crippen LogP contribution in [0.4, 0.5) is 21.6 Å². The van der Waals surface area contributed by atoms with Crippen molar-refractivity contribution in [2.45, 2.75) is 0 Å². The summed E-state index contributed by atoms with van der Waals surface area (Å²) in [5.74, 6) is -0.245. The number of hydrogen-bond acceptors (Lipinski definition) is 5. The summed E-state index contributed by atoms with van der Waals surface area (Å²) < 4.78 is 13.7. The first-order chi connectivity index (χ1) is 13.7. The lowest BCUT2D eigenvalue weighted by Gasteiger charge is -2.36. The zero-order valence-electron chi connectivity index (χ0n) is 15.3. The van der Waals surface area contributed by atoms with Gasteiger partial charge in [0.25, 0.3) is 5.91 Å². The van der Waals surface area contributed by atoms with Crippen molar-refractivity contribution in [2.24, 2.45) is 0 Å². The van der Waals surface area contributed by atoms with Gasteiger partial charge in [-0.05, 0) is 24.3 Å². The molecule has 2 heterocycles. The third-order valence-corrected chi connectivity index (χ3v) is 4.72. The topological polar surface area (TPSA) is 61.4 Å². The highest BCUT2D eigenvalue weighted by atomic mass is 19.1. The molecule has 4 rings (SSSR count). The second kappa shape index (κ2) is 8.04. The summed E-state index contributed by atoms with van der Waals surface area (Å²) >= 11 is 0. The van der Waals surface area contributed by atoms with Crippen molar-refractivity contribution in [3.05, 3.63) is 78.5 Å². The van der Waals surface area contributed by atoms with E-state index in [1.54, 1.807) is 18.3 Å². The molecule has 0 aliphatic carbocycles. The van der Waals surface area contributed by atoms with Crippen LogP contribution in [-0.2, 0) is 0 Å². The first-order valence-electron chi connectivity index (χ1n) is 9.13. The number of para-hydroxylation sites is 2. The molecular weight excluding hydrogens is 357 g/mol.